The number of aromatic nitrogens is 4. The molecule has 7 heteroatoms. The Balaban J connectivity index is 1.52. The van der Waals surface area contributed by atoms with Crippen molar-refractivity contribution in [1.29, 1.82) is 0 Å². The van der Waals surface area contributed by atoms with Crippen LogP contribution < -0.4 is 5.32 Å². The molecule has 1 aliphatic rings. The van der Waals surface area contributed by atoms with E-state index >= 15 is 0 Å². The van der Waals surface area contributed by atoms with Gasteiger partial charge in [0.15, 0.2) is 5.65 Å². The van der Waals surface area contributed by atoms with Crippen LogP contribution in [0.4, 0.5) is 5.82 Å². The number of pyridine rings is 1. The molecule has 0 saturated carbocycles. The molecular weight excluding hydrogens is 316 g/mol. The van der Waals surface area contributed by atoms with E-state index in [4.69, 9.17) is 0 Å². The van der Waals surface area contributed by atoms with Crippen LogP contribution in [0.5, 0.6) is 0 Å². The van der Waals surface area contributed by atoms with Gasteiger partial charge in [0.05, 0.1) is 12.2 Å². The van der Waals surface area contributed by atoms with Crippen molar-refractivity contribution in [3.05, 3.63) is 54.6 Å². The number of anilines is 1. The summed E-state index contributed by atoms with van der Waals surface area (Å²) in [5, 5.41) is 7.24. The Kier molecular flexibility index (Phi) is 4.39. The zero-order chi connectivity index (χ0) is 17.1. The second-order valence-electron chi connectivity index (χ2n) is 6.26. The van der Waals surface area contributed by atoms with Crippen LogP contribution >= 0.6 is 0 Å². The fourth-order valence-electron chi connectivity index (χ4n) is 3.34. The van der Waals surface area contributed by atoms with Crippen LogP contribution in [-0.4, -0.2) is 43.0 Å². The molecule has 1 aliphatic heterocycles. The van der Waals surface area contributed by atoms with Crippen LogP contribution in [0.1, 0.15) is 24.8 Å². The van der Waals surface area contributed by atoms with Crippen LogP contribution in [0.2, 0.25) is 0 Å². The van der Waals surface area contributed by atoms with Crippen LogP contribution in [0.3, 0.4) is 0 Å². The van der Waals surface area contributed by atoms with Gasteiger partial charge in [-0.1, -0.05) is 12.5 Å². The van der Waals surface area contributed by atoms with Gasteiger partial charge in [0.1, 0.15) is 5.82 Å². The highest BCUT2D eigenvalue weighted by molar-refractivity contribution is 5.94. The predicted molar refractivity (Wildman–Crippen MR) is 93.9 cm³/mol. The number of fused-ring (bicyclic) bond motifs is 1. The topological polar surface area (TPSA) is 75.4 Å². The van der Waals surface area contributed by atoms with Crippen molar-refractivity contribution in [2.75, 3.05) is 11.9 Å². The molecular formula is C18H20N6O. The minimum Gasteiger partial charge on any atom is -0.309 e. The predicted octanol–water partition coefficient (Wildman–Crippen LogP) is 2.12. The first-order valence-electron chi connectivity index (χ1n) is 8.54. The maximum Gasteiger partial charge on any atom is 0.242 e. The van der Waals surface area contributed by atoms with Gasteiger partial charge in [-0.25, -0.2) is 4.98 Å². The SMILES string of the molecule is O=C(Nc1ccnc2ccnn12)[C@H]1CCCCN1Cc1cccnc1. The number of piperidine rings is 1. The van der Waals surface area contributed by atoms with Gasteiger partial charge in [0.2, 0.25) is 5.91 Å². The molecule has 0 aliphatic carbocycles. The zero-order valence-corrected chi connectivity index (χ0v) is 13.9. The molecule has 1 atom stereocenters. The molecule has 0 spiro atoms. The highest BCUT2D eigenvalue weighted by Crippen LogP contribution is 2.21. The number of amides is 1. The highest BCUT2D eigenvalue weighted by atomic mass is 16.2. The normalized spacial score (nSPS) is 18.3. The van der Waals surface area contributed by atoms with Gasteiger partial charge < -0.3 is 5.32 Å². The molecule has 4 rings (SSSR count). The molecule has 25 heavy (non-hydrogen) atoms. The van der Waals surface area contributed by atoms with Crippen molar-refractivity contribution in [1.82, 2.24) is 24.5 Å². The van der Waals surface area contributed by atoms with Gasteiger partial charge in [-0.15, -0.1) is 0 Å². The first-order chi connectivity index (χ1) is 12.3. The summed E-state index contributed by atoms with van der Waals surface area (Å²) in [5.41, 5.74) is 1.84. The number of rotatable bonds is 4. The molecule has 1 amide bonds. The summed E-state index contributed by atoms with van der Waals surface area (Å²) < 4.78 is 1.65. The van der Waals surface area contributed by atoms with E-state index in [-0.39, 0.29) is 11.9 Å². The molecule has 128 valence electrons. The summed E-state index contributed by atoms with van der Waals surface area (Å²) >= 11 is 0. The van der Waals surface area contributed by atoms with E-state index in [9.17, 15) is 4.79 Å². The summed E-state index contributed by atoms with van der Waals surface area (Å²) in [7, 11) is 0. The van der Waals surface area contributed by atoms with Gasteiger partial charge >= 0.3 is 0 Å². The van der Waals surface area contributed by atoms with E-state index in [1.54, 1.807) is 29.2 Å². The quantitative estimate of drug-likeness (QED) is 0.790. The first kappa shape index (κ1) is 15.7. The maximum absolute atomic E-state index is 12.9. The number of carbonyl (C=O) groups excluding carboxylic acids is 1. The molecule has 1 fully saturated rings. The lowest BCUT2D eigenvalue weighted by molar-refractivity contribution is -0.122. The molecule has 7 nitrogen and oxygen atoms in total. The first-order valence-corrected chi connectivity index (χ1v) is 8.54. The lowest BCUT2D eigenvalue weighted by Crippen LogP contribution is -2.46. The smallest absolute Gasteiger partial charge is 0.242 e. The third-order valence-corrected chi connectivity index (χ3v) is 4.57. The van der Waals surface area contributed by atoms with E-state index in [0.29, 0.717) is 11.5 Å². The van der Waals surface area contributed by atoms with Crippen molar-refractivity contribution < 1.29 is 4.79 Å². The van der Waals surface area contributed by atoms with E-state index in [1.165, 1.54) is 0 Å². The maximum atomic E-state index is 12.9. The standard InChI is InChI=1S/C18H20N6O/c25-18(22-17-6-9-20-16-7-10-21-24(16)17)15-5-1-2-11-23(15)13-14-4-3-8-19-12-14/h3-4,6-10,12,15H,1-2,5,11,13H2,(H,22,25)/t15-/m1/s1. The van der Waals surface area contributed by atoms with Crippen molar-refractivity contribution in [2.24, 2.45) is 0 Å². The Hall–Kier alpha value is -2.80. The van der Waals surface area contributed by atoms with Crippen molar-refractivity contribution in [3.63, 3.8) is 0 Å². The van der Waals surface area contributed by atoms with Crippen LogP contribution in [0.15, 0.2) is 49.1 Å². The molecule has 0 aromatic carbocycles. The summed E-state index contributed by atoms with van der Waals surface area (Å²) in [6.45, 7) is 1.65. The van der Waals surface area contributed by atoms with Gasteiger partial charge in [-0.3, -0.25) is 14.7 Å². The number of hydrogen-bond donors (Lipinski definition) is 1. The van der Waals surface area contributed by atoms with Gasteiger partial charge in [-0.05, 0) is 37.1 Å². The summed E-state index contributed by atoms with van der Waals surface area (Å²) in [6.07, 6.45) is 10.0. The minimum atomic E-state index is -0.146. The molecule has 3 aromatic rings. The molecule has 0 radical (unpaired) electrons. The number of carbonyl (C=O) groups is 1. The Morgan fingerprint density at radius 3 is 3.04 bits per heavy atom. The van der Waals surface area contributed by atoms with Gasteiger partial charge in [0.25, 0.3) is 0 Å². The molecule has 3 aromatic heterocycles. The van der Waals surface area contributed by atoms with Crippen LogP contribution in [0.25, 0.3) is 5.65 Å². The molecule has 1 saturated heterocycles. The molecule has 4 heterocycles. The van der Waals surface area contributed by atoms with Gasteiger partial charge in [-0.2, -0.15) is 9.61 Å². The Morgan fingerprint density at radius 1 is 1.20 bits per heavy atom. The number of likely N-dealkylation sites (tertiary alicyclic amines) is 1. The number of nitrogens with one attached hydrogen (secondary N) is 1. The number of nitrogens with zero attached hydrogens (tertiary/aromatic N) is 5. The van der Waals surface area contributed by atoms with Crippen molar-refractivity contribution >= 4 is 17.4 Å². The minimum absolute atomic E-state index is 0.00610. The van der Waals surface area contributed by atoms with Crippen LogP contribution in [0, 0.1) is 0 Å². The van der Waals surface area contributed by atoms with Crippen molar-refractivity contribution in [3.8, 4) is 0 Å². The third kappa shape index (κ3) is 3.36. The lowest BCUT2D eigenvalue weighted by Gasteiger charge is -2.34. The summed E-state index contributed by atoms with van der Waals surface area (Å²) in [4.78, 5) is 23.5. The number of hydrogen-bond acceptors (Lipinski definition) is 5. The van der Waals surface area contributed by atoms with Gasteiger partial charge in [0, 0.05) is 31.2 Å². The Morgan fingerprint density at radius 2 is 2.16 bits per heavy atom. The van der Waals surface area contributed by atoms with E-state index in [2.05, 4.69) is 25.3 Å². The summed E-state index contributed by atoms with van der Waals surface area (Å²) in [5.74, 6) is 0.651. The molecule has 1 N–H and O–H groups in total. The molecule has 0 unspecified atom stereocenters. The van der Waals surface area contributed by atoms with E-state index in [1.807, 2.05) is 24.4 Å². The summed E-state index contributed by atoms with van der Waals surface area (Å²) in [6, 6.07) is 7.41. The van der Waals surface area contributed by atoms with Crippen molar-refractivity contribution in [2.45, 2.75) is 31.8 Å². The fraction of sp³-hybridized carbons (Fsp3) is 0.333. The monoisotopic (exact) mass is 336 g/mol. The molecule has 0 bridgehead atoms. The third-order valence-electron chi connectivity index (χ3n) is 4.57. The fourth-order valence-corrected chi connectivity index (χ4v) is 3.34. The van der Waals surface area contributed by atoms with Crippen LogP contribution in [-0.2, 0) is 11.3 Å². The average molecular weight is 336 g/mol. The highest BCUT2D eigenvalue weighted by Gasteiger charge is 2.29. The second-order valence-corrected chi connectivity index (χ2v) is 6.26. The Bertz CT molecular complexity index is 862. The zero-order valence-electron chi connectivity index (χ0n) is 13.9. The van der Waals surface area contributed by atoms with E-state index in [0.717, 1.165) is 37.9 Å². The largest absolute Gasteiger partial charge is 0.309 e. The lowest BCUT2D eigenvalue weighted by atomic mass is 10.0. The Labute approximate surface area is 145 Å². The average Bonchev–Trinajstić information content (AvgIpc) is 3.13. The van der Waals surface area contributed by atoms with E-state index < -0.39 is 0 Å². The second kappa shape index (κ2) is 6.98.